The second-order valence-corrected chi connectivity index (χ2v) is 6.32. The summed E-state index contributed by atoms with van der Waals surface area (Å²) in [5, 5.41) is 4.92. The molecule has 2 nitrogen and oxygen atoms in total. The maximum Gasteiger partial charge on any atom is 0.0273 e. The van der Waals surface area contributed by atoms with Gasteiger partial charge in [-0.15, -0.1) is 0 Å². The molecule has 2 heteroatoms. The average Bonchev–Trinajstić information content (AvgIpc) is 2.74. The van der Waals surface area contributed by atoms with E-state index < -0.39 is 0 Å². The summed E-state index contributed by atoms with van der Waals surface area (Å²) in [4.78, 5) is 8.09. The topological polar surface area (TPSA) is 25.2 Å². The summed E-state index contributed by atoms with van der Waals surface area (Å²) in [5.74, 6) is 0. The van der Waals surface area contributed by atoms with E-state index in [9.17, 15) is 0 Å². The van der Waals surface area contributed by atoms with Gasteiger partial charge in [-0.05, 0) is 75.7 Å². The van der Waals surface area contributed by atoms with E-state index in [0.717, 1.165) is 5.57 Å². The summed E-state index contributed by atoms with van der Waals surface area (Å²) in [5.41, 5.74) is 4.78. The lowest BCUT2D eigenvalue weighted by Crippen LogP contribution is -1.92. The third-order valence-corrected chi connectivity index (χ3v) is 4.86. The molecular formula is C25H20N2. The van der Waals surface area contributed by atoms with Crippen molar-refractivity contribution in [1.29, 1.82) is 0 Å². The minimum Gasteiger partial charge on any atom is -0.272 e. The van der Waals surface area contributed by atoms with E-state index in [2.05, 4.69) is 90.4 Å². The van der Waals surface area contributed by atoms with Crippen LogP contribution in [0.3, 0.4) is 0 Å². The second kappa shape index (κ2) is 7.38. The molecule has 0 radical (unpaired) electrons. The fourth-order valence-corrected chi connectivity index (χ4v) is 3.73. The molecule has 0 bridgehead atoms. The monoisotopic (exact) mass is 348 g/mol. The van der Waals surface area contributed by atoms with Crippen molar-refractivity contribution in [1.82, 2.24) is 4.98 Å². The Balaban J connectivity index is 2.21. The van der Waals surface area contributed by atoms with E-state index >= 15 is 0 Å². The maximum absolute atomic E-state index is 4.19. The highest BCUT2D eigenvalue weighted by Crippen LogP contribution is 2.41. The summed E-state index contributed by atoms with van der Waals surface area (Å²) in [6, 6.07) is 21.3. The molecule has 0 aliphatic carbocycles. The molecular weight excluding hydrogens is 328 g/mol. The molecule has 0 unspecified atom stereocenters. The van der Waals surface area contributed by atoms with Crippen LogP contribution >= 0.6 is 0 Å². The van der Waals surface area contributed by atoms with E-state index in [1.807, 2.05) is 18.5 Å². The number of allylic oxidation sites excluding steroid dienone is 3. The smallest absolute Gasteiger partial charge is 0.0273 e. The van der Waals surface area contributed by atoms with Crippen LogP contribution in [0.4, 0.5) is 0 Å². The third-order valence-electron chi connectivity index (χ3n) is 4.86. The van der Waals surface area contributed by atoms with Crippen molar-refractivity contribution in [2.75, 3.05) is 0 Å². The fraction of sp³-hybridized carbons (Fsp3) is 0.0400. The number of aliphatic imine (C=N–C) groups is 1. The SMILES string of the molecule is C=N/C=C\C(=C/C)c1c2ccccc2c(-c2ccncc2)c2ccccc12. The highest BCUT2D eigenvalue weighted by atomic mass is 14.6. The minimum absolute atomic E-state index is 1.14. The first kappa shape index (κ1) is 16.9. The molecule has 0 fully saturated rings. The molecule has 1 aromatic heterocycles. The van der Waals surface area contributed by atoms with Crippen molar-refractivity contribution in [3.05, 3.63) is 97.0 Å². The Morgan fingerprint density at radius 3 is 1.93 bits per heavy atom. The van der Waals surface area contributed by atoms with Gasteiger partial charge in [0.15, 0.2) is 0 Å². The predicted octanol–water partition coefficient (Wildman–Crippen LogP) is 6.67. The molecule has 0 atom stereocenters. The van der Waals surface area contributed by atoms with E-state index in [1.165, 1.54) is 38.2 Å². The Morgan fingerprint density at radius 2 is 1.41 bits per heavy atom. The van der Waals surface area contributed by atoms with Crippen molar-refractivity contribution < 1.29 is 0 Å². The Hall–Kier alpha value is -3.52. The lowest BCUT2D eigenvalue weighted by molar-refractivity contribution is 1.33. The number of benzene rings is 3. The number of hydrogen-bond acceptors (Lipinski definition) is 2. The van der Waals surface area contributed by atoms with Crippen LogP contribution in [0.25, 0.3) is 38.2 Å². The van der Waals surface area contributed by atoms with Crippen molar-refractivity contribution in [3.63, 3.8) is 0 Å². The fourth-order valence-electron chi connectivity index (χ4n) is 3.73. The number of fused-ring (bicyclic) bond motifs is 2. The van der Waals surface area contributed by atoms with Crippen LogP contribution in [0.1, 0.15) is 12.5 Å². The Kier molecular flexibility index (Phi) is 4.63. The van der Waals surface area contributed by atoms with Gasteiger partial charge in [-0.3, -0.25) is 9.98 Å². The zero-order chi connectivity index (χ0) is 18.6. The van der Waals surface area contributed by atoms with Crippen molar-refractivity contribution in [2.45, 2.75) is 6.92 Å². The van der Waals surface area contributed by atoms with Crippen molar-refractivity contribution >= 4 is 33.8 Å². The van der Waals surface area contributed by atoms with Gasteiger partial charge in [0, 0.05) is 18.6 Å². The molecule has 0 N–H and O–H groups in total. The van der Waals surface area contributed by atoms with Gasteiger partial charge >= 0.3 is 0 Å². The quantitative estimate of drug-likeness (QED) is 0.230. The highest BCUT2D eigenvalue weighted by Gasteiger charge is 2.16. The van der Waals surface area contributed by atoms with Crippen LogP contribution in [0.15, 0.2) is 96.4 Å². The molecule has 0 amide bonds. The lowest BCUT2D eigenvalue weighted by Gasteiger charge is -2.17. The summed E-state index contributed by atoms with van der Waals surface area (Å²) in [7, 11) is 0. The predicted molar refractivity (Wildman–Crippen MR) is 117 cm³/mol. The van der Waals surface area contributed by atoms with Crippen LogP contribution in [0, 0.1) is 0 Å². The molecule has 1 heterocycles. The first-order valence-corrected chi connectivity index (χ1v) is 8.98. The summed E-state index contributed by atoms with van der Waals surface area (Å²) < 4.78 is 0. The van der Waals surface area contributed by atoms with Gasteiger partial charge in [0.2, 0.25) is 0 Å². The Bertz CT molecular complexity index is 1130. The molecule has 0 aliphatic heterocycles. The normalized spacial score (nSPS) is 12.1. The van der Waals surface area contributed by atoms with Gasteiger partial charge in [-0.2, -0.15) is 0 Å². The number of pyridine rings is 1. The van der Waals surface area contributed by atoms with E-state index in [1.54, 1.807) is 6.20 Å². The lowest BCUT2D eigenvalue weighted by atomic mass is 9.86. The van der Waals surface area contributed by atoms with Gasteiger partial charge in [-0.1, -0.05) is 54.6 Å². The third kappa shape index (κ3) is 2.96. The Morgan fingerprint density at radius 1 is 0.852 bits per heavy atom. The molecule has 0 saturated heterocycles. The first-order chi connectivity index (χ1) is 13.3. The van der Waals surface area contributed by atoms with Crippen LogP contribution in [-0.4, -0.2) is 11.7 Å². The largest absolute Gasteiger partial charge is 0.272 e. The van der Waals surface area contributed by atoms with Gasteiger partial charge in [0.1, 0.15) is 0 Å². The number of nitrogens with zero attached hydrogens (tertiary/aromatic N) is 2. The molecule has 4 rings (SSSR count). The molecule has 3 aromatic carbocycles. The van der Waals surface area contributed by atoms with Gasteiger partial charge in [-0.25, -0.2) is 0 Å². The molecule has 130 valence electrons. The maximum atomic E-state index is 4.19. The van der Waals surface area contributed by atoms with Gasteiger partial charge < -0.3 is 0 Å². The summed E-state index contributed by atoms with van der Waals surface area (Å²) in [6.07, 6.45) is 9.59. The molecule has 0 aliphatic rings. The molecule has 0 saturated carbocycles. The van der Waals surface area contributed by atoms with E-state index in [4.69, 9.17) is 0 Å². The van der Waals surface area contributed by atoms with Crippen LogP contribution < -0.4 is 0 Å². The molecule has 0 spiro atoms. The standard InChI is InChI=1S/C25H20N2/c1-3-18(12-15-26-2)24-20-8-4-6-10-22(20)25(19-13-16-27-17-14-19)23-11-7-5-9-21(23)24/h3-17H,2H2,1H3/b15-12-,18-3+. The molecule has 27 heavy (non-hydrogen) atoms. The first-order valence-electron chi connectivity index (χ1n) is 8.98. The van der Waals surface area contributed by atoms with Gasteiger partial charge in [0.05, 0.1) is 0 Å². The number of aromatic nitrogens is 1. The zero-order valence-electron chi connectivity index (χ0n) is 15.3. The minimum atomic E-state index is 1.14. The Labute approximate surface area is 159 Å². The summed E-state index contributed by atoms with van der Waals surface area (Å²) in [6.45, 7) is 5.63. The number of hydrogen-bond donors (Lipinski definition) is 0. The van der Waals surface area contributed by atoms with Gasteiger partial charge in [0.25, 0.3) is 0 Å². The summed E-state index contributed by atoms with van der Waals surface area (Å²) >= 11 is 0. The molecule has 4 aromatic rings. The zero-order valence-corrected chi connectivity index (χ0v) is 15.3. The highest BCUT2D eigenvalue weighted by molar-refractivity contribution is 6.19. The van der Waals surface area contributed by atoms with Crippen molar-refractivity contribution in [2.24, 2.45) is 4.99 Å². The average molecular weight is 348 g/mol. The van der Waals surface area contributed by atoms with E-state index in [-0.39, 0.29) is 0 Å². The van der Waals surface area contributed by atoms with Crippen LogP contribution in [0.2, 0.25) is 0 Å². The number of rotatable bonds is 4. The second-order valence-electron chi connectivity index (χ2n) is 6.32. The van der Waals surface area contributed by atoms with Crippen molar-refractivity contribution in [3.8, 4) is 11.1 Å². The van der Waals surface area contributed by atoms with E-state index in [0.29, 0.717) is 0 Å². The van der Waals surface area contributed by atoms with Crippen LogP contribution in [0.5, 0.6) is 0 Å². The van der Waals surface area contributed by atoms with Crippen LogP contribution in [-0.2, 0) is 0 Å².